The zero-order valence-corrected chi connectivity index (χ0v) is 16.9. The number of halogens is 1. The van der Waals surface area contributed by atoms with E-state index in [-0.39, 0.29) is 5.91 Å². The van der Waals surface area contributed by atoms with Gasteiger partial charge in [-0.3, -0.25) is 4.79 Å². The molecular formula is C20H22ClN3O2S. The highest BCUT2D eigenvalue weighted by Gasteiger charge is 2.16. The summed E-state index contributed by atoms with van der Waals surface area (Å²) < 4.78 is 7.29. The number of unbranched alkanes of at least 4 members (excludes halogenated alkanes) is 1. The predicted octanol–water partition coefficient (Wildman–Crippen LogP) is 4.66. The van der Waals surface area contributed by atoms with Gasteiger partial charge in [-0.15, -0.1) is 11.3 Å². The number of rotatable bonds is 8. The van der Waals surface area contributed by atoms with E-state index in [9.17, 15) is 4.79 Å². The van der Waals surface area contributed by atoms with Gasteiger partial charge in [-0.2, -0.15) is 0 Å². The number of methoxy groups -OCH3 is 1. The van der Waals surface area contributed by atoms with Gasteiger partial charge in [0.2, 0.25) is 0 Å². The van der Waals surface area contributed by atoms with Crippen molar-refractivity contribution in [2.24, 2.45) is 0 Å². The molecule has 3 rings (SSSR count). The summed E-state index contributed by atoms with van der Waals surface area (Å²) in [6.45, 7) is 2.60. The second-order valence-corrected chi connectivity index (χ2v) is 7.54. The Morgan fingerprint density at radius 3 is 2.74 bits per heavy atom. The van der Waals surface area contributed by atoms with E-state index in [1.807, 2.05) is 36.0 Å². The molecule has 27 heavy (non-hydrogen) atoms. The van der Waals surface area contributed by atoms with Crippen molar-refractivity contribution >= 4 is 28.8 Å². The fourth-order valence-corrected chi connectivity index (χ4v) is 3.88. The second kappa shape index (κ2) is 9.06. The average molecular weight is 404 g/mol. The molecule has 0 spiro atoms. The van der Waals surface area contributed by atoms with E-state index in [1.165, 1.54) is 0 Å². The molecular weight excluding hydrogens is 382 g/mol. The van der Waals surface area contributed by atoms with E-state index in [0.717, 1.165) is 35.7 Å². The van der Waals surface area contributed by atoms with Gasteiger partial charge in [0.25, 0.3) is 5.91 Å². The third-order valence-corrected chi connectivity index (χ3v) is 5.49. The molecule has 3 aromatic rings. The molecule has 1 aromatic carbocycles. The Kier molecular flexibility index (Phi) is 6.53. The van der Waals surface area contributed by atoms with Crippen molar-refractivity contribution in [2.45, 2.75) is 26.2 Å². The van der Waals surface area contributed by atoms with Gasteiger partial charge in [0.1, 0.15) is 5.75 Å². The van der Waals surface area contributed by atoms with E-state index in [2.05, 4.69) is 15.7 Å². The summed E-state index contributed by atoms with van der Waals surface area (Å²) in [7, 11) is 1.55. The molecule has 7 heteroatoms. The molecule has 0 saturated heterocycles. The Bertz CT molecular complexity index is 906. The van der Waals surface area contributed by atoms with Crippen LogP contribution < -0.4 is 10.1 Å². The topological polar surface area (TPSA) is 56.1 Å². The number of carbonyl (C=O) groups is 1. The SMILES string of the molecule is COc1cc(-n2cccc2)c(Cl)cc1C(=O)NCCCCc1nc(C)cs1. The Labute approximate surface area is 168 Å². The number of benzene rings is 1. The number of nitrogens with zero attached hydrogens (tertiary/aromatic N) is 2. The van der Waals surface area contributed by atoms with Crippen LogP contribution in [0.5, 0.6) is 5.75 Å². The first-order valence-electron chi connectivity index (χ1n) is 8.78. The first-order valence-corrected chi connectivity index (χ1v) is 10.0. The average Bonchev–Trinajstić information content (AvgIpc) is 3.33. The van der Waals surface area contributed by atoms with E-state index in [1.54, 1.807) is 30.6 Å². The molecule has 0 unspecified atom stereocenters. The molecule has 1 amide bonds. The van der Waals surface area contributed by atoms with Crippen LogP contribution in [0.2, 0.25) is 5.02 Å². The van der Waals surface area contributed by atoms with Crippen molar-refractivity contribution in [2.75, 3.05) is 13.7 Å². The highest BCUT2D eigenvalue weighted by atomic mass is 35.5. The van der Waals surface area contributed by atoms with Crippen LogP contribution in [-0.2, 0) is 6.42 Å². The fraction of sp³-hybridized carbons (Fsp3) is 0.300. The summed E-state index contributed by atoms with van der Waals surface area (Å²) in [5.41, 5.74) is 2.28. The summed E-state index contributed by atoms with van der Waals surface area (Å²) >= 11 is 8.07. The minimum Gasteiger partial charge on any atom is -0.496 e. The third kappa shape index (κ3) is 4.90. The second-order valence-electron chi connectivity index (χ2n) is 6.19. The highest BCUT2D eigenvalue weighted by molar-refractivity contribution is 7.09. The third-order valence-electron chi connectivity index (χ3n) is 4.17. The summed E-state index contributed by atoms with van der Waals surface area (Å²) in [5.74, 6) is 0.316. The lowest BCUT2D eigenvalue weighted by atomic mass is 10.1. The van der Waals surface area contributed by atoms with Gasteiger partial charge in [0.15, 0.2) is 0 Å². The van der Waals surface area contributed by atoms with Crippen molar-refractivity contribution in [3.05, 3.63) is 63.3 Å². The van der Waals surface area contributed by atoms with Crippen LogP contribution in [0, 0.1) is 6.92 Å². The molecule has 142 valence electrons. The van der Waals surface area contributed by atoms with Gasteiger partial charge >= 0.3 is 0 Å². The van der Waals surface area contributed by atoms with Crippen LogP contribution in [0.4, 0.5) is 0 Å². The van der Waals surface area contributed by atoms with Crippen molar-refractivity contribution < 1.29 is 9.53 Å². The number of nitrogens with one attached hydrogen (secondary N) is 1. The maximum Gasteiger partial charge on any atom is 0.255 e. The van der Waals surface area contributed by atoms with Crippen molar-refractivity contribution in [1.82, 2.24) is 14.9 Å². The molecule has 0 aliphatic rings. The smallest absolute Gasteiger partial charge is 0.255 e. The Hall–Kier alpha value is -2.31. The monoisotopic (exact) mass is 403 g/mol. The summed E-state index contributed by atoms with van der Waals surface area (Å²) in [6.07, 6.45) is 6.60. The predicted molar refractivity (Wildman–Crippen MR) is 109 cm³/mol. The quantitative estimate of drug-likeness (QED) is 0.556. The number of amides is 1. The first kappa shape index (κ1) is 19.5. The lowest BCUT2D eigenvalue weighted by Gasteiger charge is -2.13. The zero-order chi connectivity index (χ0) is 19.2. The van der Waals surface area contributed by atoms with Gasteiger partial charge in [-0.05, 0) is 44.4 Å². The number of hydrogen-bond acceptors (Lipinski definition) is 4. The van der Waals surface area contributed by atoms with Crippen molar-refractivity contribution in [3.63, 3.8) is 0 Å². The zero-order valence-electron chi connectivity index (χ0n) is 15.4. The van der Waals surface area contributed by atoms with Crippen molar-refractivity contribution in [1.29, 1.82) is 0 Å². The summed E-state index contributed by atoms with van der Waals surface area (Å²) in [5, 5.41) is 6.65. The molecule has 5 nitrogen and oxygen atoms in total. The Morgan fingerprint density at radius 1 is 1.30 bits per heavy atom. The van der Waals surface area contributed by atoms with Gasteiger partial charge in [0.05, 0.1) is 28.4 Å². The molecule has 0 atom stereocenters. The number of hydrogen-bond donors (Lipinski definition) is 1. The number of thiazole rings is 1. The number of aryl methyl sites for hydroxylation is 2. The summed E-state index contributed by atoms with van der Waals surface area (Å²) in [6, 6.07) is 7.26. The standard InChI is InChI=1S/C20H22ClN3O2S/c1-14-13-27-19(23-14)7-3-4-8-22-20(25)15-11-16(21)17(12-18(15)26-2)24-9-5-6-10-24/h5-6,9-13H,3-4,7-8H2,1-2H3,(H,22,25). The number of ether oxygens (including phenoxy) is 1. The van der Waals surface area contributed by atoms with E-state index < -0.39 is 0 Å². The van der Waals surface area contributed by atoms with Gasteiger partial charge in [0, 0.05) is 36.1 Å². The Balaban J connectivity index is 1.58. The molecule has 2 heterocycles. The van der Waals surface area contributed by atoms with E-state index >= 15 is 0 Å². The number of aromatic nitrogens is 2. The highest BCUT2D eigenvalue weighted by Crippen LogP contribution is 2.30. The molecule has 0 saturated carbocycles. The van der Waals surface area contributed by atoms with Crippen LogP contribution in [0.1, 0.15) is 33.9 Å². The fourth-order valence-electron chi connectivity index (χ4n) is 2.80. The molecule has 0 bridgehead atoms. The molecule has 2 aromatic heterocycles. The van der Waals surface area contributed by atoms with Gasteiger partial charge < -0.3 is 14.6 Å². The maximum absolute atomic E-state index is 12.5. The number of carbonyl (C=O) groups excluding carboxylic acids is 1. The lowest BCUT2D eigenvalue weighted by Crippen LogP contribution is -2.25. The van der Waals surface area contributed by atoms with Crippen LogP contribution in [-0.4, -0.2) is 29.1 Å². The molecule has 0 aliphatic carbocycles. The van der Waals surface area contributed by atoms with Gasteiger partial charge in [-0.1, -0.05) is 11.6 Å². The van der Waals surface area contributed by atoms with Crippen LogP contribution in [0.15, 0.2) is 42.0 Å². The van der Waals surface area contributed by atoms with Crippen LogP contribution >= 0.6 is 22.9 Å². The minimum absolute atomic E-state index is 0.183. The molecule has 0 radical (unpaired) electrons. The minimum atomic E-state index is -0.183. The maximum atomic E-state index is 12.5. The van der Waals surface area contributed by atoms with Crippen LogP contribution in [0.3, 0.4) is 0 Å². The summed E-state index contributed by atoms with van der Waals surface area (Å²) in [4.78, 5) is 17.0. The first-order chi connectivity index (χ1) is 13.1. The normalized spacial score (nSPS) is 10.8. The van der Waals surface area contributed by atoms with E-state index in [4.69, 9.17) is 16.3 Å². The molecule has 1 N–H and O–H groups in total. The largest absolute Gasteiger partial charge is 0.496 e. The Morgan fingerprint density at radius 2 is 2.07 bits per heavy atom. The lowest BCUT2D eigenvalue weighted by molar-refractivity contribution is 0.0950. The van der Waals surface area contributed by atoms with Crippen molar-refractivity contribution in [3.8, 4) is 11.4 Å². The van der Waals surface area contributed by atoms with Gasteiger partial charge in [-0.25, -0.2) is 4.98 Å². The molecule has 0 aliphatic heterocycles. The van der Waals surface area contributed by atoms with E-state index in [0.29, 0.717) is 22.9 Å². The van der Waals surface area contributed by atoms with Crippen LogP contribution in [0.25, 0.3) is 5.69 Å². The molecule has 0 fully saturated rings.